The third-order valence-corrected chi connectivity index (χ3v) is 4.51. The van der Waals surface area contributed by atoms with Crippen LogP contribution in [-0.2, 0) is 13.0 Å². The number of nitrogens with zero attached hydrogens (tertiary/aromatic N) is 3. The van der Waals surface area contributed by atoms with Crippen LogP contribution in [0.1, 0.15) is 24.8 Å². The zero-order valence-electron chi connectivity index (χ0n) is 13.0. The monoisotopic (exact) mass is 299 g/mol. The number of aliphatic hydroxyl groups excluding tert-OH is 1. The van der Waals surface area contributed by atoms with Crippen molar-refractivity contribution in [3.05, 3.63) is 54.4 Å². The molecule has 1 aromatic heterocycles. The molecule has 1 aliphatic heterocycles. The highest BCUT2D eigenvalue weighted by molar-refractivity contribution is 5.14. The molecule has 2 aromatic rings. The molecule has 1 saturated heterocycles. The first-order valence-corrected chi connectivity index (χ1v) is 8.25. The van der Waals surface area contributed by atoms with Gasteiger partial charge in [-0.25, -0.2) is 0 Å². The number of likely N-dealkylation sites (tertiary alicyclic amines) is 1. The molecule has 1 aromatic carbocycles. The van der Waals surface area contributed by atoms with E-state index in [0.29, 0.717) is 12.6 Å². The Bertz CT molecular complexity index is 541. The van der Waals surface area contributed by atoms with Crippen LogP contribution in [0.2, 0.25) is 0 Å². The summed E-state index contributed by atoms with van der Waals surface area (Å²) in [6.45, 7) is 2.43. The lowest BCUT2D eigenvalue weighted by Crippen LogP contribution is -2.38. The summed E-state index contributed by atoms with van der Waals surface area (Å²) < 4.78 is 1.81. The summed E-state index contributed by atoms with van der Waals surface area (Å²) in [4.78, 5) is 2.46. The number of benzene rings is 1. The summed E-state index contributed by atoms with van der Waals surface area (Å²) in [5.74, 6) is 0. The summed E-state index contributed by atoms with van der Waals surface area (Å²) in [6.07, 6.45) is 8.10. The quantitative estimate of drug-likeness (QED) is 0.853. The molecule has 22 heavy (non-hydrogen) atoms. The predicted molar refractivity (Wildman–Crippen MR) is 87.6 cm³/mol. The highest BCUT2D eigenvalue weighted by Crippen LogP contribution is 2.22. The molecule has 0 aliphatic carbocycles. The second-order valence-electron chi connectivity index (χ2n) is 6.20. The average Bonchev–Trinajstić information content (AvgIpc) is 3.18. The van der Waals surface area contributed by atoms with Gasteiger partial charge in [0.15, 0.2) is 0 Å². The number of β-amino-alcohol motifs (C(OH)–C–C–N with tert-alkyl or cyclic N) is 1. The van der Waals surface area contributed by atoms with E-state index in [9.17, 15) is 5.11 Å². The second kappa shape index (κ2) is 7.56. The lowest BCUT2D eigenvalue weighted by atomic mass is 10.0. The molecule has 2 atom stereocenters. The van der Waals surface area contributed by atoms with Gasteiger partial charge in [0.2, 0.25) is 0 Å². The van der Waals surface area contributed by atoms with E-state index < -0.39 is 0 Å². The zero-order chi connectivity index (χ0) is 15.2. The van der Waals surface area contributed by atoms with Gasteiger partial charge in [-0.05, 0) is 43.9 Å². The maximum atomic E-state index is 10.3. The highest BCUT2D eigenvalue weighted by atomic mass is 16.3. The van der Waals surface area contributed by atoms with Gasteiger partial charge in [0.05, 0.1) is 12.6 Å². The van der Waals surface area contributed by atoms with Crippen molar-refractivity contribution in [2.75, 3.05) is 13.1 Å². The van der Waals surface area contributed by atoms with Gasteiger partial charge in [-0.1, -0.05) is 30.3 Å². The first-order valence-electron chi connectivity index (χ1n) is 8.25. The highest BCUT2D eigenvalue weighted by Gasteiger charge is 2.26. The average molecular weight is 299 g/mol. The van der Waals surface area contributed by atoms with Crippen molar-refractivity contribution < 1.29 is 5.11 Å². The lowest BCUT2D eigenvalue weighted by molar-refractivity contribution is 0.0874. The maximum absolute atomic E-state index is 10.3. The number of rotatable bonds is 7. The van der Waals surface area contributed by atoms with Crippen LogP contribution >= 0.6 is 0 Å². The fourth-order valence-electron chi connectivity index (χ4n) is 3.39. The van der Waals surface area contributed by atoms with Crippen molar-refractivity contribution in [3.8, 4) is 0 Å². The van der Waals surface area contributed by atoms with Crippen LogP contribution in [0.3, 0.4) is 0 Å². The molecular formula is C18H25N3O. The van der Waals surface area contributed by atoms with E-state index in [1.54, 1.807) is 10.9 Å². The predicted octanol–water partition coefficient (Wildman–Crippen LogP) is 2.34. The molecule has 118 valence electrons. The van der Waals surface area contributed by atoms with Crippen molar-refractivity contribution in [1.82, 2.24) is 14.7 Å². The summed E-state index contributed by atoms with van der Waals surface area (Å²) in [6, 6.07) is 13.2. The van der Waals surface area contributed by atoms with E-state index in [0.717, 1.165) is 19.5 Å². The minimum atomic E-state index is -0.350. The molecule has 4 nitrogen and oxygen atoms in total. The van der Waals surface area contributed by atoms with Gasteiger partial charge >= 0.3 is 0 Å². The minimum absolute atomic E-state index is 0.350. The van der Waals surface area contributed by atoms with Gasteiger partial charge in [-0.3, -0.25) is 9.58 Å². The van der Waals surface area contributed by atoms with Gasteiger partial charge in [-0.15, -0.1) is 0 Å². The molecule has 0 radical (unpaired) electrons. The fourth-order valence-corrected chi connectivity index (χ4v) is 3.39. The third kappa shape index (κ3) is 4.18. The van der Waals surface area contributed by atoms with Gasteiger partial charge in [0.1, 0.15) is 0 Å². The van der Waals surface area contributed by atoms with E-state index in [1.807, 2.05) is 12.3 Å². The molecule has 0 spiro atoms. The van der Waals surface area contributed by atoms with Crippen LogP contribution < -0.4 is 0 Å². The number of hydrogen-bond acceptors (Lipinski definition) is 3. The molecule has 0 bridgehead atoms. The van der Waals surface area contributed by atoms with Crippen molar-refractivity contribution in [3.63, 3.8) is 0 Å². The Morgan fingerprint density at radius 1 is 1.18 bits per heavy atom. The Hall–Kier alpha value is -1.65. The normalized spacial score (nSPS) is 20.3. The molecule has 4 heteroatoms. The summed E-state index contributed by atoms with van der Waals surface area (Å²) >= 11 is 0. The Balaban J connectivity index is 1.47. The summed E-state index contributed by atoms with van der Waals surface area (Å²) in [7, 11) is 0. The zero-order valence-corrected chi connectivity index (χ0v) is 13.0. The lowest BCUT2D eigenvalue weighted by Gasteiger charge is -2.27. The molecular weight excluding hydrogens is 274 g/mol. The first-order chi connectivity index (χ1) is 10.8. The van der Waals surface area contributed by atoms with Gasteiger partial charge in [-0.2, -0.15) is 5.10 Å². The molecule has 0 amide bonds. The van der Waals surface area contributed by atoms with Crippen LogP contribution in [0.15, 0.2) is 48.8 Å². The SMILES string of the molecule is O[C@H](CN1CCC[C@H]1CCc1ccccc1)Cn1cccn1. The van der Waals surface area contributed by atoms with Crippen LogP contribution in [0, 0.1) is 0 Å². The largest absolute Gasteiger partial charge is 0.390 e. The van der Waals surface area contributed by atoms with Crippen molar-refractivity contribution in [2.45, 2.75) is 44.4 Å². The topological polar surface area (TPSA) is 41.3 Å². The van der Waals surface area contributed by atoms with Gasteiger partial charge < -0.3 is 5.11 Å². The van der Waals surface area contributed by atoms with E-state index in [-0.39, 0.29) is 6.10 Å². The van der Waals surface area contributed by atoms with E-state index >= 15 is 0 Å². The Kier molecular flexibility index (Phi) is 5.24. The van der Waals surface area contributed by atoms with E-state index in [1.165, 1.54) is 24.8 Å². The Labute approximate surface area is 132 Å². The maximum Gasteiger partial charge on any atom is 0.0862 e. The third-order valence-electron chi connectivity index (χ3n) is 4.51. The van der Waals surface area contributed by atoms with Crippen LogP contribution in [0.5, 0.6) is 0 Å². The van der Waals surface area contributed by atoms with E-state index in [4.69, 9.17) is 0 Å². The summed E-state index contributed by atoms with van der Waals surface area (Å²) in [5.41, 5.74) is 1.41. The number of aliphatic hydroxyl groups is 1. The fraction of sp³-hybridized carbons (Fsp3) is 0.500. The molecule has 1 aliphatic rings. The van der Waals surface area contributed by atoms with Crippen molar-refractivity contribution in [2.24, 2.45) is 0 Å². The Morgan fingerprint density at radius 2 is 2.05 bits per heavy atom. The van der Waals surface area contributed by atoms with Gasteiger partial charge in [0.25, 0.3) is 0 Å². The molecule has 0 saturated carbocycles. The number of aryl methyl sites for hydroxylation is 1. The molecule has 1 N–H and O–H groups in total. The smallest absolute Gasteiger partial charge is 0.0862 e. The molecule has 3 rings (SSSR count). The minimum Gasteiger partial charge on any atom is -0.390 e. The molecule has 2 heterocycles. The van der Waals surface area contributed by atoms with Gasteiger partial charge in [0, 0.05) is 25.0 Å². The number of hydrogen-bond donors (Lipinski definition) is 1. The summed E-state index contributed by atoms with van der Waals surface area (Å²) in [5, 5.41) is 14.4. The van der Waals surface area contributed by atoms with Crippen molar-refractivity contribution >= 4 is 0 Å². The standard InChI is InChI=1S/C18H25N3O/c22-18(15-21-13-5-11-19-21)14-20-12-4-8-17(20)10-9-16-6-2-1-3-7-16/h1-3,5-7,11,13,17-18,22H,4,8-10,12,14-15H2/t17-,18+/m0/s1. The van der Waals surface area contributed by atoms with E-state index in [2.05, 4.69) is 40.3 Å². The second-order valence-corrected chi connectivity index (χ2v) is 6.20. The number of aromatic nitrogens is 2. The van der Waals surface area contributed by atoms with Crippen LogP contribution in [-0.4, -0.2) is 45.0 Å². The Morgan fingerprint density at radius 3 is 2.82 bits per heavy atom. The molecule has 1 fully saturated rings. The van der Waals surface area contributed by atoms with Crippen LogP contribution in [0.25, 0.3) is 0 Å². The van der Waals surface area contributed by atoms with Crippen molar-refractivity contribution in [1.29, 1.82) is 0 Å². The first kappa shape index (κ1) is 15.3. The van der Waals surface area contributed by atoms with Crippen LogP contribution in [0.4, 0.5) is 0 Å². The molecule has 0 unspecified atom stereocenters.